The van der Waals surface area contributed by atoms with Crippen molar-refractivity contribution in [3.8, 4) is 0 Å². The van der Waals surface area contributed by atoms with Crippen molar-refractivity contribution < 1.29 is 44.1 Å². The van der Waals surface area contributed by atoms with Crippen LogP contribution in [-0.2, 0) is 23.9 Å². The van der Waals surface area contributed by atoms with Crippen molar-refractivity contribution in [2.24, 2.45) is 0 Å². The summed E-state index contributed by atoms with van der Waals surface area (Å²) in [6.07, 6.45) is 0.255. The molecule has 0 atom stereocenters. The smallest absolute Gasteiger partial charge is 1.00 e. The van der Waals surface area contributed by atoms with Gasteiger partial charge in [0.1, 0.15) is 6.42 Å². The summed E-state index contributed by atoms with van der Waals surface area (Å²) in [5.41, 5.74) is 0. The molecule has 5 nitrogen and oxygen atoms in total. The normalized spacial score (nSPS) is 7.77. The van der Waals surface area contributed by atoms with Crippen molar-refractivity contribution in [1.82, 2.24) is 0 Å². The van der Waals surface area contributed by atoms with E-state index in [9.17, 15) is 14.4 Å². The maximum atomic E-state index is 10.6. The van der Waals surface area contributed by atoms with E-state index in [1.54, 1.807) is 0 Å². The van der Waals surface area contributed by atoms with Gasteiger partial charge in [0.2, 0.25) is 0 Å². The van der Waals surface area contributed by atoms with E-state index in [2.05, 4.69) is 16.1 Å². The van der Waals surface area contributed by atoms with Gasteiger partial charge in [-0.05, 0) is 0 Å². The van der Waals surface area contributed by atoms with Crippen molar-refractivity contribution in [3.63, 3.8) is 0 Å². The van der Waals surface area contributed by atoms with Crippen LogP contribution in [0.15, 0.2) is 12.7 Å². The summed E-state index contributed by atoms with van der Waals surface area (Å²) in [7, 11) is 1.13. The topological polar surface area (TPSA) is 69.7 Å². The molecular weight excluding hydrogens is 171 g/mol. The molecule has 0 aromatic heterocycles. The van der Waals surface area contributed by atoms with Crippen molar-refractivity contribution in [1.29, 1.82) is 0 Å². The van der Waals surface area contributed by atoms with Gasteiger partial charge < -0.3 is 10.9 Å². The Balaban J connectivity index is -0.000000605. The quantitative estimate of drug-likeness (QED) is 0.199. The van der Waals surface area contributed by atoms with E-state index < -0.39 is 24.3 Å². The molecule has 0 saturated carbocycles. The molecule has 0 amide bonds. The molecular formula is C7H9LiO5. The van der Waals surface area contributed by atoms with Crippen molar-refractivity contribution in [2.75, 3.05) is 7.11 Å². The van der Waals surface area contributed by atoms with Crippen LogP contribution in [-0.4, -0.2) is 25.0 Å². The van der Waals surface area contributed by atoms with Gasteiger partial charge in [-0.1, -0.05) is 6.58 Å². The summed E-state index contributed by atoms with van der Waals surface area (Å²) in [4.78, 5) is 31.4. The third kappa shape index (κ3) is 7.31. The predicted molar refractivity (Wildman–Crippen MR) is 39.0 cm³/mol. The van der Waals surface area contributed by atoms with Gasteiger partial charge in [0, 0.05) is 6.08 Å². The molecule has 0 bridgehead atoms. The minimum atomic E-state index is -0.952. The minimum absolute atomic E-state index is 0. The van der Waals surface area contributed by atoms with Gasteiger partial charge in [0.05, 0.1) is 7.11 Å². The fraction of sp³-hybridized carbons (Fsp3) is 0.286. The summed E-state index contributed by atoms with van der Waals surface area (Å²) in [5, 5.41) is 0. The number of hydrogen-bond acceptors (Lipinski definition) is 5. The average Bonchev–Trinajstić information content (AvgIpc) is 2.03. The van der Waals surface area contributed by atoms with E-state index in [1.807, 2.05) is 0 Å². The van der Waals surface area contributed by atoms with Crippen LogP contribution in [0.1, 0.15) is 7.85 Å². The van der Waals surface area contributed by atoms with Gasteiger partial charge in [-0.2, -0.15) is 0 Å². The molecule has 13 heavy (non-hydrogen) atoms. The Morgan fingerprint density at radius 2 is 1.92 bits per heavy atom. The Labute approximate surface area is 88.7 Å². The molecule has 0 unspecified atom stereocenters. The van der Waals surface area contributed by atoms with Gasteiger partial charge in [0.25, 0.3) is 0 Å². The molecule has 0 spiro atoms. The Hall–Kier alpha value is -1.05. The number of carbonyl (C=O) groups excluding carboxylic acids is 3. The summed E-state index contributed by atoms with van der Waals surface area (Å²) in [6, 6.07) is 0. The number of carbonyl (C=O) groups is 3. The zero-order chi connectivity index (χ0) is 9.56. The SMILES string of the molecule is C=CC(=O)OC(=O)CC(=O)OC.[H-].[Li+]. The molecule has 0 aliphatic rings. The molecule has 0 saturated heterocycles. The summed E-state index contributed by atoms with van der Waals surface area (Å²) in [5.74, 6) is -2.59. The molecule has 0 fully saturated rings. The van der Waals surface area contributed by atoms with E-state index in [0.717, 1.165) is 13.2 Å². The zero-order valence-electron chi connectivity index (χ0n) is 8.53. The molecule has 0 aromatic carbocycles. The van der Waals surface area contributed by atoms with Crippen LogP contribution in [0.2, 0.25) is 0 Å². The molecule has 0 heterocycles. The van der Waals surface area contributed by atoms with E-state index >= 15 is 0 Å². The van der Waals surface area contributed by atoms with Crippen molar-refractivity contribution in [3.05, 3.63) is 12.7 Å². The maximum Gasteiger partial charge on any atom is 1.00 e. The van der Waals surface area contributed by atoms with Crippen LogP contribution in [0.3, 0.4) is 0 Å². The molecule has 0 aromatic rings. The fourth-order valence-corrected chi connectivity index (χ4v) is 0.380. The van der Waals surface area contributed by atoms with Gasteiger partial charge in [-0.3, -0.25) is 9.59 Å². The zero-order valence-corrected chi connectivity index (χ0v) is 7.53. The summed E-state index contributed by atoms with van der Waals surface area (Å²) < 4.78 is 8.23. The number of rotatable bonds is 3. The first-order valence-electron chi connectivity index (χ1n) is 3.04. The standard InChI is InChI=1S/C7H8O5.Li.H/c1-3-5(8)12-7(10)4-6(9)11-2;;/h3H,1,4H2,2H3;;/q;+1;-1. The van der Waals surface area contributed by atoms with Gasteiger partial charge in [-0.25, -0.2) is 4.79 Å². The second kappa shape index (κ2) is 7.59. The largest absolute Gasteiger partial charge is 1.00 e. The third-order valence-electron chi connectivity index (χ3n) is 0.897. The molecule has 0 radical (unpaired) electrons. The Kier molecular flexibility index (Phi) is 8.45. The molecule has 0 rings (SSSR count). The first kappa shape index (κ1) is 14.5. The molecule has 0 aliphatic carbocycles. The van der Waals surface area contributed by atoms with Crippen LogP contribution >= 0.6 is 0 Å². The maximum absolute atomic E-state index is 10.6. The number of hydrogen-bond donors (Lipinski definition) is 0. The Morgan fingerprint density at radius 1 is 1.38 bits per heavy atom. The minimum Gasteiger partial charge on any atom is -1.00 e. The fourth-order valence-electron chi connectivity index (χ4n) is 0.380. The predicted octanol–water partition coefficient (Wildman–Crippen LogP) is -3.08. The number of ether oxygens (including phenoxy) is 2. The van der Waals surface area contributed by atoms with Crippen molar-refractivity contribution >= 4 is 17.9 Å². The second-order valence-corrected chi connectivity index (χ2v) is 1.75. The van der Waals surface area contributed by atoms with Gasteiger partial charge in [0.15, 0.2) is 0 Å². The van der Waals surface area contributed by atoms with E-state index in [1.165, 1.54) is 0 Å². The molecule has 68 valence electrons. The van der Waals surface area contributed by atoms with Gasteiger partial charge in [-0.15, -0.1) is 0 Å². The molecule has 0 N–H and O–H groups in total. The summed E-state index contributed by atoms with van der Waals surface area (Å²) in [6.45, 7) is 3.07. The number of esters is 3. The van der Waals surface area contributed by atoms with Crippen LogP contribution in [0.5, 0.6) is 0 Å². The van der Waals surface area contributed by atoms with E-state index in [0.29, 0.717) is 0 Å². The average molecular weight is 180 g/mol. The van der Waals surface area contributed by atoms with Crippen LogP contribution in [0.4, 0.5) is 0 Å². The van der Waals surface area contributed by atoms with E-state index in [-0.39, 0.29) is 20.3 Å². The van der Waals surface area contributed by atoms with Crippen LogP contribution in [0.25, 0.3) is 0 Å². The molecule has 6 heteroatoms. The Morgan fingerprint density at radius 3 is 2.31 bits per heavy atom. The van der Waals surface area contributed by atoms with E-state index in [4.69, 9.17) is 0 Å². The van der Waals surface area contributed by atoms with Gasteiger partial charge >= 0.3 is 36.8 Å². The van der Waals surface area contributed by atoms with Crippen molar-refractivity contribution in [2.45, 2.75) is 6.42 Å². The monoisotopic (exact) mass is 180 g/mol. The second-order valence-electron chi connectivity index (χ2n) is 1.75. The third-order valence-corrected chi connectivity index (χ3v) is 0.897. The van der Waals surface area contributed by atoms with Crippen LogP contribution in [0, 0.1) is 0 Å². The Bertz CT molecular complexity index is 228. The molecule has 0 aliphatic heterocycles. The first-order valence-corrected chi connectivity index (χ1v) is 3.04. The number of methoxy groups -OCH3 is 1. The van der Waals surface area contributed by atoms with Crippen LogP contribution < -0.4 is 18.9 Å². The summed E-state index contributed by atoms with van der Waals surface area (Å²) >= 11 is 0. The first-order chi connectivity index (χ1) is 5.60.